The predicted octanol–water partition coefficient (Wildman–Crippen LogP) is 2.60. The van der Waals surface area contributed by atoms with Crippen molar-refractivity contribution in [1.29, 1.82) is 0 Å². The molecule has 0 aromatic rings. The molecule has 0 aromatic carbocycles. The van der Waals surface area contributed by atoms with Gasteiger partial charge in [0.05, 0.1) is 6.42 Å². The van der Waals surface area contributed by atoms with E-state index in [1.165, 1.54) is 0 Å². The summed E-state index contributed by atoms with van der Waals surface area (Å²) in [6.07, 6.45) is 4.70. The quantitative estimate of drug-likeness (QED) is 0.806. The van der Waals surface area contributed by atoms with E-state index in [2.05, 4.69) is 12.2 Å². The predicted molar refractivity (Wildman–Crippen MR) is 74.1 cm³/mol. The fourth-order valence-electron chi connectivity index (χ4n) is 2.73. The van der Waals surface area contributed by atoms with Crippen molar-refractivity contribution in [1.82, 2.24) is 10.2 Å². The zero-order chi connectivity index (χ0) is 14.5. The van der Waals surface area contributed by atoms with E-state index in [1.807, 2.05) is 13.8 Å². The van der Waals surface area contributed by atoms with Crippen molar-refractivity contribution in [2.75, 3.05) is 6.54 Å². The number of carbonyl (C=O) groups excluding carboxylic acids is 1. The Balaban J connectivity index is 2.64. The van der Waals surface area contributed by atoms with E-state index in [9.17, 15) is 9.59 Å². The van der Waals surface area contributed by atoms with Crippen LogP contribution >= 0.6 is 0 Å². The van der Waals surface area contributed by atoms with Crippen molar-refractivity contribution in [2.24, 2.45) is 0 Å². The standard InChI is InChI=1S/C14H26N2O3/c1-4-8-14(2,3)15-13(19)16-9-6-5-7-11(16)10-12(17)18/h11H,4-10H2,1-3H3,(H,15,19)(H,17,18). The Bertz CT molecular complexity index is 329. The molecule has 2 amide bonds. The first-order chi connectivity index (χ1) is 8.85. The highest BCUT2D eigenvalue weighted by Gasteiger charge is 2.31. The maximum Gasteiger partial charge on any atom is 0.318 e. The number of likely N-dealkylation sites (tertiary alicyclic amines) is 1. The minimum absolute atomic E-state index is 0.0433. The molecule has 1 atom stereocenters. The van der Waals surface area contributed by atoms with Crippen LogP contribution in [0.25, 0.3) is 0 Å². The number of carboxylic acids is 1. The van der Waals surface area contributed by atoms with E-state index in [-0.39, 0.29) is 24.0 Å². The van der Waals surface area contributed by atoms with Crippen LogP contribution in [0.1, 0.15) is 59.3 Å². The molecule has 1 fully saturated rings. The third-order valence-corrected chi connectivity index (χ3v) is 3.62. The first-order valence-corrected chi connectivity index (χ1v) is 7.16. The summed E-state index contributed by atoms with van der Waals surface area (Å²) in [6, 6.07) is -0.284. The summed E-state index contributed by atoms with van der Waals surface area (Å²) < 4.78 is 0. The number of urea groups is 1. The molecule has 110 valence electrons. The molecule has 1 unspecified atom stereocenters. The first-order valence-electron chi connectivity index (χ1n) is 7.16. The molecule has 1 rings (SSSR count). The van der Waals surface area contributed by atoms with Gasteiger partial charge in [-0.1, -0.05) is 13.3 Å². The molecule has 1 aliphatic heterocycles. The highest BCUT2D eigenvalue weighted by molar-refractivity contribution is 5.76. The Morgan fingerprint density at radius 1 is 1.37 bits per heavy atom. The molecule has 0 spiro atoms. The van der Waals surface area contributed by atoms with E-state index >= 15 is 0 Å². The van der Waals surface area contributed by atoms with Crippen LogP contribution in [0, 0.1) is 0 Å². The van der Waals surface area contributed by atoms with Gasteiger partial charge in [0, 0.05) is 18.1 Å². The van der Waals surface area contributed by atoms with Gasteiger partial charge in [-0.25, -0.2) is 4.79 Å². The van der Waals surface area contributed by atoms with E-state index in [1.54, 1.807) is 4.90 Å². The van der Waals surface area contributed by atoms with Crippen molar-refractivity contribution < 1.29 is 14.7 Å². The van der Waals surface area contributed by atoms with E-state index in [0.717, 1.165) is 32.1 Å². The monoisotopic (exact) mass is 270 g/mol. The van der Waals surface area contributed by atoms with Gasteiger partial charge >= 0.3 is 12.0 Å². The van der Waals surface area contributed by atoms with Crippen molar-refractivity contribution in [3.8, 4) is 0 Å². The molecule has 5 heteroatoms. The second-order valence-electron chi connectivity index (χ2n) is 6.00. The zero-order valence-corrected chi connectivity index (χ0v) is 12.2. The third-order valence-electron chi connectivity index (χ3n) is 3.62. The average Bonchev–Trinajstić information content (AvgIpc) is 2.27. The molecule has 5 nitrogen and oxygen atoms in total. The Hall–Kier alpha value is -1.26. The summed E-state index contributed by atoms with van der Waals surface area (Å²) >= 11 is 0. The van der Waals surface area contributed by atoms with E-state index in [4.69, 9.17) is 5.11 Å². The highest BCUT2D eigenvalue weighted by atomic mass is 16.4. The molecular weight excluding hydrogens is 244 g/mol. The van der Waals surface area contributed by atoms with Crippen LogP contribution < -0.4 is 5.32 Å². The number of hydrogen-bond acceptors (Lipinski definition) is 2. The van der Waals surface area contributed by atoms with Crippen LogP contribution in [0.4, 0.5) is 4.79 Å². The average molecular weight is 270 g/mol. The molecule has 0 bridgehead atoms. The minimum Gasteiger partial charge on any atom is -0.481 e. The lowest BCUT2D eigenvalue weighted by molar-refractivity contribution is -0.138. The molecule has 1 aliphatic rings. The number of hydrogen-bond donors (Lipinski definition) is 2. The lowest BCUT2D eigenvalue weighted by Gasteiger charge is -2.37. The Morgan fingerprint density at radius 2 is 2.05 bits per heavy atom. The Kier molecular flexibility index (Phi) is 5.63. The maximum atomic E-state index is 12.3. The fourth-order valence-corrected chi connectivity index (χ4v) is 2.73. The number of aliphatic carboxylic acids is 1. The molecule has 19 heavy (non-hydrogen) atoms. The van der Waals surface area contributed by atoms with Crippen molar-refractivity contribution in [3.05, 3.63) is 0 Å². The van der Waals surface area contributed by atoms with Gasteiger partial charge < -0.3 is 15.3 Å². The van der Waals surface area contributed by atoms with Crippen LogP contribution in [0.5, 0.6) is 0 Å². The van der Waals surface area contributed by atoms with Gasteiger partial charge in [0.1, 0.15) is 0 Å². The number of carboxylic acid groups (broad SMARTS) is 1. The molecule has 0 aromatic heterocycles. The minimum atomic E-state index is -0.836. The maximum absolute atomic E-state index is 12.3. The normalized spacial score (nSPS) is 20.2. The van der Waals surface area contributed by atoms with Gasteiger partial charge in [0.2, 0.25) is 0 Å². The summed E-state index contributed by atoms with van der Waals surface area (Å²) in [5.41, 5.74) is -0.239. The van der Waals surface area contributed by atoms with Gasteiger partial charge in [-0.15, -0.1) is 0 Å². The van der Waals surface area contributed by atoms with Gasteiger partial charge in [0.15, 0.2) is 0 Å². The van der Waals surface area contributed by atoms with Gasteiger partial charge in [-0.05, 0) is 39.5 Å². The highest BCUT2D eigenvalue weighted by Crippen LogP contribution is 2.21. The van der Waals surface area contributed by atoms with Crippen molar-refractivity contribution in [3.63, 3.8) is 0 Å². The zero-order valence-electron chi connectivity index (χ0n) is 12.2. The molecule has 1 heterocycles. The Labute approximate surface area is 115 Å². The largest absolute Gasteiger partial charge is 0.481 e. The second-order valence-corrected chi connectivity index (χ2v) is 6.00. The Morgan fingerprint density at radius 3 is 2.63 bits per heavy atom. The molecule has 0 radical (unpaired) electrons. The smallest absolute Gasteiger partial charge is 0.318 e. The molecular formula is C14H26N2O3. The number of amides is 2. The van der Waals surface area contributed by atoms with E-state index < -0.39 is 5.97 Å². The first kappa shape index (κ1) is 15.8. The lowest BCUT2D eigenvalue weighted by Crippen LogP contribution is -2.54. The summed E-state index contributed by atoms with van der Waals surface area (Å²) in [5.74, 6) is -0.836. The van der Waals surface area contributed by atoms with Crippen LogP contribution in [-0.4, -0.2) is 40.1 Å². The van der Waals surface area contributed by atoms with Crippen LogP contribution in [-0.2, 0) is 4.79 Å². The van der Waals surface area contributed by atoms with Crippen LogP contribution in [0.3, 0.4) is 0 Å². The number of piperidine rings is 1. The van der Waals surface area contributed by atoms with Crippen LogP contribution in [0.2, 0.25) is 0 Å². The molecule has 0 saturated carbocycles. The molecule has 1 saturated heterocycles. The number of nitrogens with one attached hydrogen (secondary N) is 1. The second kappa shape index (κ2) is 6.78. The van der Waals surface area contributed by atoms with Gasteiger partial charge in [0.25, 0.3) is 0 Å². The fraction of sp³-hybridized carbons (Fsp3) is 0.857. The third kappa shape index (κ3) is 5.09. The van der Waals surface area contributed by atoms with Crippen molar-refractivity contribution >= 4 is 12.0 Å². The molecule has 2 N–H and O–H groups in total. The lowest BCUT2D eigenvalue weighted by atomic mass is 9.97. The summed E-state index contributed by atoms with van der Waals surface area (Å²) in [4.78, 5) is 24.9. The summed E-state index contributed by atoms with van der Waals surface area (Å²) in [6.45, 7) is 6.75. The summed E-state index contributed by atoms with van der Waals surface area (Å²) in [7, 11) is 0. The van der Waals surface area contributed by atoms with Crippen LogP contribution in [0.15, 0.2) is 0 Å². The SMILES string of the molecule is CCCC(C)(C)NC(=O)N1CCCCC1CC(=O)O. The summed E-state index contributed by atoms with van der Waals surface area (Å²) in [5, 5.41) is 11.9. The number of nitrogens with zero attached hydrogens (tertiary/aromatic N) is 1. The number of rotatable bonds is 5. The van der Waals surface area contributed by atoms with Gasteiger partial charge in [-0.2, -0.15) is 0 Å². The number of carbonyl (C=O) groups is 2. The van der Waals surface area contributed by atoms with E-state index in [0.29, 0.717) is 6.54 Å². The molecule has 0 aliphatic carbocycles. The topological polar surface area (TPSA) is 69.6 Å². The van der Waals surface area contributed by atoms with Gasteiger partial charge in [-0.3, -0.25) is 4.79 Å². The van der Waals surface area contributed by atoms with Crippen molar-refractivity contribution in [2.45, 2.75) is 70.9 Å².